The molecule has 0 fully saturated rings. The van der Waals surface area contributed by atoms with E-state index in [9.17, 15) is 13.2 Å². The van der Waals surface area contributed by atoms with Gasteiger partial charge >= 0.3 is 6.18 Å². The Kier molecular flexibility index (Phi) is 5.44. The molecule has 0 N–H and O–H groups in total. The molecule has 0 amide bonds. The minimum Gasteiger partial charge on any atom is -0.357 e. The highest BCUT2D eigenvalue weighted by Crippen LogP contribution is 2.33. The number of alkyl halides is 3. The number of halogens is 3. The topological polar surface area (TPSA) is 29.0 Å². The van der Waals surface area contributed by atoms with Gasteiger partial charge in [-0.15, -0.1) is 0 Å². The lowest BCUT2D eigenvalue weighted by Gasteiger charge is -2.21. The summed E-state index contributed by atoms with van der Waals surface area (Å²) in [6.45, 7) is 5.50. The van der Waals surface area contributed by atoms with Crippen molar-refractivity contribution in [3.8, 4) is 22.6 Å². The maximum absolute atomic E-state index is 13.1. The van der Waals surface area contributed by atoms with Crippen LogP contribution in [0.25, 0.3) is 22.6 Å². The van der Waals surface area contributed by atoms with E-state index in [0.717, 1.165) is 30.8 Å². The van der Waals surface area contributed by atoms with Gasteiger partial charge in [0.2, 0.25) is 0 Å². The molecule has 140 valence electrons. The summed E-state index contributed by atoms with van der Waals surface area (Å²) in [5, 5.41) is 0. The van der Waals surface area contributed by atoms with E-state index >= 15 is 0 Å². The summed E-state index contributed by atoms with van der Waals surface area (Å²) >= 11 is 0. The van der Waals surface area contributed by atoms with E-state index in [1.807, 2.05) is 49.1 Å². The van der Waals surface area contributed by atoms with Crippen molar-refractivity contribution in [2.24, 2.45) is 0 Å². The molecule has 1 heterocycles. The normalized spacial score (nSPS) is 11.4. The highest BCUT2D eigenvalue weighted by Gasteiger charge is 2.30. The second-order valence-electron chi connectivity index (χ2n) is 6.05. The monoisotopic (exact) mass is 371 g/mol. The zero-order chi connectivity index (χ0) is 19.4. The van der Waals surface area contributed by atoms with E-state index in [-0.39, 0.29) is 0 Å². The SMILES string of the molecule is CCN(CC)c1cc(-c2cccc(C(F)(F)F)c2)nc(-c2ccccc2)n1. The fraction of sp³-hybridized carbons (Fsp3) is 0.238. The van der Waals surface area contributed by atoms with E-state index in [1.54, 1.807) is 12.1 Å². The van der Waals surface area contributed by atoms with Crippen molar-refractivity contribution in [1.82, 2.24) is 9.97 Å². The third kappa shape index (κ3) is 4.27. The predicted molar refractivity (Wildman–Crippen MR) is 101 cm³/mol. The zero-order valence-electron chi connectivity index (χ0n) is 15.2. The van der Waals surface area contributed by atoms with Gasteiger partial charge in [-0.3, -0.25) is 0 Å². The second-order valence-corrected chi connectivity index (χ2v) is 6.05. The van der Waals surface area contributed by atoms with Crippen LogP contribution in [0.3, 0.4) is 0 Å². The molecule has 2 aromatic carbocycles. The van der Waals surface area contributed by atoms with Gasteiger partial charge in [0.15, 0.2) is 5.82 Å². The molecule has 0 saturated heterocycles. The lowest BCUT2D eigenvalue weighted by Crippen LogP contribution is -2.23. The van der Waals surface area contributed by atoms with Crippen LogP contribution in [0.4, 0.5) is 19.0 Å². The van der Waals surface area contributed by atoms with Crippen LogP contribution in [0.2, 0.25) is 0 Å². The molecule has 0 radical (unpaired) electrons. The maximum Gasteiger partial charge on any atom is 0.416 e. The first kappa shape index (κ1) is 18.9. The van der Waals surface area contributed by atoms with Crippen LogP contribution in [-0.2, 0) is 6.18 Å². The molecule has 3 nitrogen and oxygen atoms in total. The van der Waals surface area contributed by atoms with Gasteiger partial charge in [0.1, 0.15) is 5.82 Å². The summed E-state index contributed by atoms with van der Waals surface area (Å²) in [7, 11) is 0. The Morgan fingerprint density at radius 2 is 1.48 bits per heavy atom. The van der Waals surface area contributed by atoms with E-state index < -0.39 is 11.7 Å². The van der Waals surface area contributed by atoms with Crippen LogP contribution in [0.1, 0.15) is 19.4 Å². The van der Waals surface area contributed by atoms with Crippen LogP contribution in [0.5, 0.6) is 0 Å². The number of hydrogen-bond donors (Lipinski definition) is 0. The van der Waals surface area contributed by atoms with Crippen LogP contribution in [0.15, 0.2) is 60.7 Å². The highest BCUT2D eigenvalue weighted by atomic mass is 19.4. The van der Waals surface area contributed by atoms with Crippen molar-refractivity contribution >= 4 is 5.82 Å². The van der Waals surface area contributed by atoms with Crippen LogP contribution < -0.4 is 4.90 Å². The Morgan fingerprint density at radius 1 is 0.815 bits per heavy atom. The molecule has 0 aliphatic heterocycles. The Bertz CT molecular complexity index is 904. The van der Waals surface area contributed by atoms with Gasteiger partial charge in [0.25, 0.3) is 0 Å². The van der Waals surface area contributed by atoms with Crippen LogP contribution in [0, 0.1) is 0 Å². The zero-order valence-corrected chi connectivity index (χ0v) is 15.2. The van der Waals surface area contributed by atoms with Crippen molar-refractivity contribution < 1.29 is 13.2 Å². The molecule has 1 aromatic heterocycles. The summed E-state index contributed by atoms with van der Waals surface area (Å²) in [6, 6.07) is 16.4. The van der Waals surface area contributed by atoms with Gasteiger partial charge in [-0.1, -0.05) is 42.5 Å². The molecule has 0 atom stereocenters. The molecular formula is C21H20F3N3. The highest BCUT2D eigenvalue weighted by molar-refractivity contribution is 5.68. The standard InChI is InChI=1S/C21H20F3N3/c1-3-27(4-2)19-14-18(16-11-8-12-17(13-16)21(22,23)24)25-20(26-19)15-9-6-5-7-10-15/h5-14H,3-4H2,1-2H3. The number of rotatable bonds is 5. The van der Waals surface area contributed by atoms with Gasteiger partial charge in [0, 0.05) is 30.3 Å². The lowest BCUT2D eigenvalue weighted by atomic mass is 10.1. The molecule has 3 aromatic rings. The van der Waals surface area contributed by atoms with Crippen molar-refractivity contribution in [2.45, 2.75) is 20.0 Å². The molecule has 27 heavy (non-hydrogen) atoms. The first-order chi connectivity index (χ1) is 12.9. The molecule has 0 unspecified atom stereocenters. The molecule has 0 spiro atoms. The predicted octanol–water partition coefficient (Wildman–Crippen LogP) is 5.68. The fourth-order valence-corrected chi connectivity index (χ4v) is 2.86. The molecular weight excluding hydrogens is 351 g/mol. The summed E-state index contributed by atoms with van der Waals surface area (Å²) < 4.78 is 39.3. The number of nitrogens with zero attached hydrogens (tertiary/aromatic N) is 3. The van der Waals surface area contributed by atoms with Gasteiger partial charge in [0.05, 0.1) is 11.3 Å². The Hall–Kier alpha value is -2.89. The molecule has 3 rings (SSSR count). The van der Waals surface area contributed by atoms with Gasteiger partial charge < -0.3 is 4.90 Å². The Labute approximate surface area is 156 Å². The lowest BCUT2D eigenvalue weighted by molar-refractivity contribution is -0.137. The minimum absolute atomic E-state index is 0.415. The summed E-state index contributed by atoms with van der Waals surface area (Å²) in [5.74, 6) is 1.19. The number of anilines is 1. The van der Waals surface area contributed by atoms with E-state index in [1.165, 1.54) is 6.07 Å². The second kappa shape index (κ2) is 7.78. The van der Waals surface area contributed by atoms with Crippen molar-refractivity contribution in [3.63, 3.8) is 0 Å². The Balaban J connectivity index is 2.16. The van der Waals surface area contributed by atoms with Crippen molar-refractivity contribution in [1.29, 1.82) is 0 Å². The average molecular weight is 371 g/mol. The minimum atomic E-state index is -4.40. The van der Waals surface area contributed by atoms with Gasteiger partial charge in [-0.2, -0.15) is 13.2 Å². The maximum atomic E-state index is 13.1. The number of benzene rings is 2. The van der Waals surface area contributed by atoms with Gasteiger partial charge in [-0.05, 0) is 26.0 Å². The molecule has 0 saturated carbocycles. The van der Waals surface area contributed by atoms with E-state index in [0.29, 0.717) is 22.9 Å². The molecule has 0 aliphatic carbocycles. The quantitative estimate of drug-likeness (QED) is 0.578. The molecule has 6 heteroatoms. The number of hydrogen-bond acceptors (Lipinski definition) is 3. The van der Waals surface area contributed by atoms with Crippen LogP contribution >= 0.6 is 0 Å². The van der Waals surface area contributed by atoms with E-state index in [4.69, 9.17) is 0 Å². The van der Waals surface area contributed by atoms with Crippen molar-refractivity contribution in [2.75, 3.05) is 18.0 Å². The summed E-state index contributed by atoms with van der Waals surface area (Å²) in [6.07, 6.45) is -4.40. The summed E-state index contributed by atoms with van der Waals surface area (Å²) in [4.78, 5) is 11.2. The average Bonchev–Trinajstić information content (AvgIpc) is 2.69. The smallest absolute Gasteiger partial charge is 0.357 e. The third-order valence-electron chi connectivity index (χ3n) is 4.32. The Morgan fingerprint density at radius 3 is 2.11 bits per heavy atom. The summed E-state index contributed by atoms with van der Waals surface area (Å²) in [5.41, 5.74) is 1.01. The molecule has 0 aliphatic rings. The van der Waals surface area contributed by atoms with Crippen molar-refractivity contribution in [3.05, 3.63) is 66.2 Å². The van der Waals surface area contributed by atoms with Crippen LogP contribution in [-0.4, -0.2) is 23.1 Å². The van der Waals surface area contributed by atoms with E-state index in [2.05, 4.69) is 9.97 Å². The first-order valence-corrected chi connectivity index (χ1v) is 8.79. The third-order valence-corrected chi connectivity index (χ3v) is 4.32. The number of aromatic nitrogens is 2. The largest absolute Gasteiger partial charge is 0.416 e. The fourth-order valence-electron chi connectivity index (χ4n) is 2.86. The first-order valence-electron chi connectivity index (χ1n) is 8.79. The molecule has 0 bridgehead atoms. The van der Waals surface area contributed by atoms with Gasteiger partial charge in [-0.25, -0.2) is 9.97 Å².